The number of carbonyl (C=O) groups is 1. The number of hydrogen-bond acceptors (Lipinski definition) is 3. The van der Waals surface area contributed by atoms with Crippen LogP contribution in [0.25, 0.3) is 10.9 Å². The van der Waals surface area contributed by atoms with Gasteiger partial charge in [-0.25, -0.2) is 0 Å². The van der Waals surface area contributed by atoms with Gasteiger partial charge in [-0.3, -0.25) is 9.89 Å². The van der Waals surface area contributed by atoms with Crippen molar-refractivity contribution < 1.29 is 9.90 Å². The Balaban J connectivity index is 1.52. The maximum Gasteiger partial charge on any atom is 0.225 e. The minimum absolute atomic E-state index is 0.283. The van der Waals surface area contributed by atoms with Crippen LogP contribution in [0, 0.1) is 17.3 Å². The summed E-state index contributed by atoms with van der Waals surface area (Å²) in [5.74, 6) is 0.957. The van der Waals surface area contributed by atoms with Crippen LogP contribution in [-0.2, 0) is 4.79 Å². The zero-order valence-electron chi connectivity index (χ0n) is 15.3. The zero-order chi connectivity index (χ0) is 18.5. The summed E-state index contributed by atoms with van der Waals surface area (Å²) >= 11 is 6.25. The Morgan fingerprint density at radius 3 is 2.65 bits per heavy atom. The number of nitrogens with zero attached hydrogens (tertiary/aromatic N) is 2. The maximum atomic E-state index is 12.3. The monoisotopic (exact) mass is 375 g/mol. The molecule has 4 rings (SSSR count). The molecule has 5 nitrogen and oxygen atoms in total. The molecule has 1 amide bonds. The van der Waals surface area contributed by atoms with Gasteiger partial charge in [-0.15, -0.1) is 0 Å². The minimum atomic E-state index is -0.653. The third kappa shape index (κ3) is 3.12. The van der Waals surface area contributed by atoms with Gasteiger partial charge in [0, 0.05) is 35.0 Å². The number of aliphatic hydroxyl groups excluding tert-OH is 1. The molecule has 0 bridgehead atoms. The van der Waals surface area contributed by atoms with E-state index in [4.69, 9.17) is 11.6 Å². The quantitative estimate of drug-likeness (QED) is 0.850. The fraction of sp³-hybridized carbons (Fsp3) is 0.600. The van der Waals surface area contributed by atoms with E-state index in [1.807, 2.05) is 17.0 Å². The molecule has 0 radical (unpaired) electrons. The van der Waals surface area contributed by atoms with Crippen LogP contribution in [0.15, 0.2) is 18.3 Å². The van der Waals surface area contributed by atoms with Gasteiger partial charge in [0.05, 0.1) is 17.8 Å². The van der Waals surface area contributed by atoms with Gasteiger partial charge in [-0.05, 0) is 49.1 Å². The lowest BCUT2D eigenvalue weighted by Crippen LogP contribution is -2.44. The molecule has 0 spiro atoms. The molecule has 140 valence electrons. The number of likely N-dealkylation sites (tertiary alicyclic amines) is 1. The summed E-state index contributed by atoms with van der Waals surface area (Å²) in [6, 6.07) is 3.69. The molecule has 1 aliphatic heterocycles. The Kier molecular flexibility index (Phi) is 4.48. The summed E-state index contributed by atoms with van der Waals surface area (Å²) in [5.41, 5.74) is 1.32. The van der Waals surface area contributed by atoms with Gasteiger partial charge < -0.3 is 10.0 Å². The second-order valence-corrected chi connectivity index (χ2v) is 8.86. The van der Waals surface area contributed by atoms with E-state index in [1.165, 1.54) is 0 Å². The van der Waals surface area contributed by atoms with Crippen LogP contribution < -0.4 is 0 Å². The van der Waals surface area contributed by atoms with Crippen molar-refractivity contribution in [3.05, 3.63) is 28.9 Å². The van der Waals surface area contributed by atoms with E-state index in [0.717, 1.165) is 55.2 Å². The van der Waals surface area contributed by atoms with E-state index in [1.54, 1.807) is 6.20 Å². The molecule has 2 fully saturated rings. The van der Waals surface area contributed by atoms with Gasteiger partial charge in [0.1, 0.15) is 0 Å². The summed E-state index contributed by atoms with van der Waals surface area (Å²) in [6.07, 6.45) is 5.03. The molecular weight excluding hydrogens is 350 g/mol. The molecule has 2 aromatic rings. The number of aromatic nitrogens is 2. The summed E-state index contributed by atoms with van der Waals surface area (Å²) in [7, 11) is 0. The van der Waals surface area contributed by atoms with Crippen molar-refractivity contribution in [1.82, 2.24) is 15.1 Å². The Morgan fingerprint density at radius 1 is 1.31 bits per heavy atom. The van der Waals surface area contributed by atoms with Crippen molar-refractivity contribution in [2.75, 3.05) is 13.1 Å². The molecule has 1 aromatic carbocycles. The number of benzene rings is 1. The lowest BCUT2D eigenvalue weighted by molar-refractivity contribution is -0.135. The van der Waals surface area contributed by atoms with Crippen molar-refractivity contribution >= 4 is 28.4 Å². The first-order valence-corrected chi connectivity index (χ1v) is 9.85. The zero-order valence-corrected chi connectivity index (χ0v) is 16.1. The minimum Gasteiger partial charge on any atom is -0.388 e. The summed E-state index contributed by atoms with van der Waals surface area (Å²) in [5, 5.41) is 19.8. The first-order chi connectivity index (χ1) is 12.4. The molecule has 1 saturated heterocycles. The highest BCUT2D eigenvalue weighted by atomic mass is 35.5. The van der Waals surface area contributed by atoms with Crippen molar-refractivity contribution in [3.8, 4) is 0 Å². The average molecular weight is 376 g/mol. The fourth-order valence-corrected chi connectivity index (χ4v) is 4.55. The number of fused-ring (bicyclic) bond motifs is 1. The molecule has 2 N–H and O–H groups in total. The maximum absolute atomic E-state index is 12.3. The number of rotatable bonds is 4. The largest absolute Gasteiger partial charge is 0.388 e. The normalized spacial score (nSPS) is 20.5. The first kappa shape index (κ1) is 17.8. The summed E-state index contributed by atoms with van der Waals surface area (Å²) in [4.78, 5) is 14.3. The van der Waals surface area contributed by atoms with Gasteiger partial charge in [0.25, 0.3) is 0 Å². The molecule has 1 aromatic heterocycles. The van der Waals surface area contributed by atoms with Crippen LogP contribution in [0.3, 0.4) is 0 Å². The topological polar surface area (TPSA) is 69.2 Å². The van der Waals surface area contributed by atoms with Gasteiger partial charge >= 0.3 is 0 Å². The predicted molar refractivity (Wildman–Crippen MR) is 102 cm³/mol. The summed E-state index contributed by atoms with van der Waals surface area (Å²) < 4.78 is 0. The van der Waals surface area contributed by atoms with Crippen LogP contribution in [0.4, 0.5) is 0 Å². The van der Waals surface area contributed by atoms with E-state index in [-0.39, 0.29) is 11.3 Å². The third-order valence-corrected chi connectivity index (χ3v) is 6.55. The number of amides is 1. The highest BCUT2D eigenvalue weighted by molar-refractivity contribution is 6.31. The fourth-order valence-electron chi connectivity index (χ4n) is 4.32. The van der Waals surface area contributed by atoms with E-state index in [2.05, 4.69) is 24.0 Å². The van der Waals surface area contributed by atoms with Crippen LogP contribution >= 0.6 is 11.6 Å². The van der Waals surface area contributed by atoms with Crippen LogP contribution in [0.5, 0.6) is 0 Å². The van der Waals surface area contributed by atoms with Crippen molar-refractivity contribution in [2.24, 2.45) is 17.3 Å². The second-order valence-electron chi connectivity index (χ2n) is 8.43. The van der Waals surface area contributed by atoms with Crippen molar-refractivity contribution in [3.63, 3.8) is 0 Å². The van der Waals surface area contributed by atoms with E-state index in [9.17, 15) is 9.90 Å². The Morgan fingerprint density at radius 2 is 2.00 bits per heavy atom. The van der Waals surface area contributed by atoms with Crippen molar-refractivity contribution in [2.45, 2.75) is 45.6 Å². The van der Waals surface area contributed by atoms with Gasteiger partial charge in [-0.2, -0.15) is 5.10 Å². The number of aromatic amines is 1. The Labute approximate surface area is 158 Å². The second kappa shape index (κ2) is 6.54. The highest BCUT2D eigenvalue weighted by Crippen LogP contribution is 2.46. The standard InChI is InChI=1S/C20H26ClN3O2/c1-20(2,14-5-7-24(8-6-14)19(26)12-3-4-12)18(25)16-10-15(21)9-13-11-22-23-17(13)16/h9-12,14,18,25H,3-8H2,1-2H3,(H,22,23). The molecular formula is C20H26ClN3O2. The Bertz CT molecular complexity index is 820. The molecule has 1 saturated carbocycles. The van der Waals surface area contributed by atoms with E-state index < -0.39 is 6.10 Å². The van der Waals surface area contributed by atoms with Crippen LogP contribution in [0.2, 0.25) is 5.02 Å². The van der Waals surface area contributed by atoms with E-state index >= 15 is 0 Å². The van der Waals surface area contributed by atoms with Crippen molar-refractivity contribution in [1.29, 1.82) is 0 Å². The third-order valence-electron chi connectivity index (χ3n) is 6.33. The van der Waals surface area contributed by atoms with E-state index in [0.29, 0.717) is 16.8 Å². The Hall–Kier alpha value is -1.59. The van der Waals surface area contributed by atoms with Gasteiger partial charge in [-0.1, -0.05) is 25.4 Å². The highest BCUT2D eigenvalue weighted by Gasteiger charge is 2.42. The average Bonchev–Trinajstić information content (AvgIpc) is 3.38. The van der Waals surface area contributed by atoms with Gasteiger partial charge in [0.15, 0.2) is 0 Å². The number of aliphatic hydroxyl groups is 1. The number of halogens is 1. The molecule has 2 heterocycles. The lowest BCUT2D eigenvalue weighted by Gasteiger charge is -2.43. The number of nitrogens with one attached hydrogen (secondary N) is 1. The molecule has 26 heavy (non-hydrogen) atoms. The smallest absolute Gasteiger partial charge is 0.225 e. The molecule has 1 atom stereocenters. The summed E-state index contributed by atoms with van der Waals surface area (Å²) in [6.45, 7) is 5.82. The van der Waals surface area contributed by atoms with Crippen LogP contribution in [0.1, 0.15) is 51.2 Å². The number of hydrogen-bond donors (Lipinski definition) is 2. The predicted octanol–water partition coefficient (Wildman–Crippen LogP) is 3.92. The SMILES string of the molecule is CC(C)(C1CCN(C(=O)C2CC2)CC1)C(O)c1cc(Cl)cc2cn[nH]c12. The number of piperidine rings is 1. The molecule has 1 unspecified atom stereocenters. The number of H-pyrrole nitrogens is 1. The van der Waals surface area contributed by atoms with Crippen LogP contribution in [-0.4, -0.2) is 39.2 Å². The molecule has 2 aliphatic rings. The molecule has 6 heteroatoms. The first-order valence-electron chi connectivity index (χ1n) is 9.47. The van der Waals surface area contributed by atoms with Gasteiger partial charge in [0.2, 0.25) is 5.91 Å². The molecule has 1 aliphatic carbocycles. The lowest BCUT2D eigenvalue weighted by atomic mass is 9.68. The number of carbonyl (C=O) groups excluding carboxylic acids is 1.